The molecule has 4 nitrogen and oxygen atoms in total. The SMILES string of the molecule is CN([C@@H](Cc1ccccc1)C(=O)NC12CC3CC(CC(C3)C1)C2)[S@@](=O)C(C)(C)C. The second-order valence-corrected chi connectivity index (χ2v) is 13.1. The van der Waals surface area contributed by atoms with Gasteiger partial charge in [0.05, 0.1) is 4.75 Å². The molecule has 0 aliphatic heterocycles. The minimum atomic E-state index is -1.25. The number of amides is 1. The highest BCUT2D eigenvalue weighted by Gasteiger charge is 2.52. The van der Waals surface area contributed by atoms with Gasteiger partial charge in [0.1, 0.15) is 17.0 Å². The molecule has 0 heterocycles. The van der Waals surface area contributed by atoms with Gasteiger partial charge >= 0.3 is 0 Å². The van der Waals surface area contributed by atoms with E-state index in [1.54, 1.807) is 4.31 Å². The average molecular weight is 417 g/mol. The van der Waals surface area contributed by atoms with Crippen molar-refractivity contribution in [2.75, 3.05) is 7.05 Å². The van der Waals surface area contributed by atoms with E-state index in [9.17, 15) is 9.00 Å². The van der Waals surface area contributed by atoms with Gasteiger partial charge in [-0.25, -0.2) is 8.51 Å². The summed E-state index contributed by atoms with van der Waals surface area (Å²) < 4.78 is 14.5. The summed E-state index contributed by atoms with van der Waals surface area (Å²) >= 11 is 0. The van der Waals surface area contributed by atoms with Crippen molar-refractivity contribution in [1.29, 1.82) is 0 Å². The largest absolute Gasteiger partial charge is 0.349 e. The van der Waals surface area contributed by atoms with Crippen LogP contribution in [0.15, 0.2) is 30.3 Å². The van der Waals surface area contributed by atoms with Crippen LogP contribution in [0, 0.1) is 17.8 Å². The third kappa shape index (κ3) is 4.46. The van der Waals surface area contributed by atoms with Crippen molar-refractivity contribution in [2.45, 2.75) is 82.0 Å². The first-order chi connectivity index (χ1) is 13.7. The summed E-state index contributed by atoms with van der Waals surface area (Å²) in [5, 5.41) is 3.52. The molecule has 0 aromatic heterocycles. The van der Waals surface area contributed by atoms with Crippen LogP contribution in [0.4, 0.5) is 0 Å². The maximum absolute atomic E-state index is 13.6. The predicted molar refractivity (Wildman–Crippen MR) is 119 cm³/mol. The summed E-state index contributed by atoms with van der Waals surface area (Å²) in [4.78, 5) is 13.6. The molecule has 5 heteroatoms. The van der Waals surface area contributed by atoms with Crippen LogP contribution >= 0.6 is 0 Å². The zero-order valence-corrected chi connectivity index (χ0v) is 19.1. The molecule has 4 fully saturated rings. The van der Waals surface area contributed by atoms with E-state index in [1.807, 2.05) is 46.0 Å². The standard InChI is InChI=1S/C24H36N2O2S/c1-23(2,3)29(28)26(4)21(13-17-8-6-5-7-9-17)22(27)25-24-14-18-10-19(15-24)12-20(11-18)16-24/h5-9,18-21H,10-16H2,1-4H3,(H,25,27)/t18?,19?,20?,21-,24?,29-/m0/s1. The van der Waals surface area contributed by atoms with Gasteiger partial charge in [-0.2, -0.15) is 0 Å². The molecule has 4 saturated carbocycles. The normalized spacial score (nSPS) is 32.9. The molecule has 1 amide bonds. The Morgan fingerprint density at radius 1 is 1.10 bits per heavy atom. The number of likely N-dealkylation sites (N-methyl/N-ethyl adjacent to an activating group) is 1. The lowest BCUT2D eigenvalue weighted by Gasteiger charge is -2.57. The second-order valence-electron chi connectivity index (χ2n) is 10.8. The second kappa shape index (κ2) is 7.81. The van der Waals surface area contributed by atoms with E-state index >= 15 is 0 Å². The number of carbonyl (C=O) groups excluding carboxylic acids is 1. The number of nitrogens with one attached hydrogen (secondary N) is 1. The van der Waals surface area contributed by atoms with Crippen LogP contribution in [0.2, 0.25) is 0 Å². The first-order valence-electron chi connectivity index (χ1n) is 11.2. The smallest absolute Gasteiger partial charge is 0.239 e. The van der Waals surface area contributed by atoms with Crippen LogP contribution in [0.5, 0.6) is 0 Å². The molecule has 0 radical (unpaired) electrons. The maximum Gasteiger partial charge on any atom is 0.239 e. The molecule has 4 aliphatic rings. The highest BCUT2D eigenvalue weighted by Crippen LogP contribution is 2.55. The van der Waals surface area contributed by atoms with Crippen molar-refractivity contribution < 1.29 is 9.00 Å². The molecule has 5 rings (SSSR count). The maximum atomic E-state index is 13.6. The Bertz CT molecular complexity index is 736. The molecular weight excluding hydrogens is 380 g/mol. The fourth-order valence-electron chi connectivity index (χ4n) is 6.38. The fraction of sp³-hybridized carbons (Fsp3) is 0.708. The van der Waals surface area contributed by atoms with Crippen LogP contribution in [0.3, 0.4) is 0 Å². The van der Waals surface area contributed by atoms with E-state index in [-0.39, 0.29) is 11.4 Å². The number of benzene rings is 1. The first-order valence-corrected chi connectivity index (χ1v) is 12.3. The zero-order valence-electron chi connectivity index (χ0n) is 18.3. The van der Waals surface area contributed by atoms with Crippen molar-refractivity contribution in [2.24, 2.45) is 17.8 Å². The number of hydrogen-bond acceptors (Lipinski definition) is 2. The third-order valence-corrected chi connectivity index (χ3v) is 9.05. The molecule has 0 spiro atoms. The van der Waals surface area contributed by atoms with Crippen molar-refractivity contribution in [3.8, 4) is 0 Å². The topological polar surface area (TPSA) is 49.4 Å². The van der Waals surface area contributed by atoms with Crippen LogP contribution < -0.4 is 5.32 Å². The van der Waals surface area contributed by atoms with Crippen molar-refractivity contribution in [3.63, 3.8) is 0 Å². The van der Waals surface area contributed by atoms with Gasteiger partial charge in [-0.3, -0.25) is 4.79 Å². The Morgan fingerprint density at radius 3 is 2.10 bits per heavy atom. The van der Waals surface area contributed by atoms with Crippen LogP contribution in [-0.2, 0) is 22.2 Å². The Kier molecular flexibility index (Phi) is 5.67. The van der Waals surface area contributed by atoms with Gasteiger partial charge in [0, 0.05) is 12.6 Å². The van der Waals surface area contributed by atoms with Crippen molar-refractivity contribution >= 4 is 16.9 Å². The Labute approximate surface area is 178 Å². The van der Waals surface area contributed by atoms with Gasteiger partial charge in [-0.15, -0.1) is 0 Å². The number of hydrogen-bond donors (Lipinski definition) is 1. The van der Waals surface area contributed by atoms with Gasteiger partial charge in [-0.1, -0.05) is 30.3 Å². The zero-order chi connectivity index (χ0) is 20.8. The molecule has 2 atom stereocenters. The summed E-state index contributed by atoms with van der Waals surface area (Å²) in [7, 11) is 0.594. The third-order valence-electron chi connectivity index (χ3n) is 7.23. The summed E-state index contributed by atoms with van der Waals surface area (Å²) in [5.41, 5.74) is 1.08. The Hall–Kier alpha value is -1.20. The van der Waals surface area contributed by atoms with Gasteiger partial charge in [0.25, 0.3) is 0 Å². The number of carbonyl (C=O) groups is 1. The van der Waals surface area contributed by atoms with Gasteiger partial charge < -0.3 is 5.32 Å². The highest BCUT2D eigenvalue weighted by molar-refractivity contribution is 7.84. The van der Waals surface area contributed by atoms with Crippen molar-refractivity contribution in [3.05, 3.63) is 35.9 Å². The molecule has 4 aliphatic carbocycles. The van der Waals surface area contributed by atoms with Gasteiger partial charge in [0.15, 0.2) is 0 Å². The molecule has 1 aromatic rings. The quantitative estimate of drug-likeness (QED) is 0.760. The van der Waals surface area contributed by atoms with Crippen LogP contribution in [0.1, 0.15) is 64.9 Å². The molecule has 0 unspecified atom stereocenters. The van der Waals surface area contributed by atoms with E-state index in [0.29, 0.717) is 6.42 Å². The number of rotatable bonds is 6. The summed E-state index contributed by atoms with van der Waals surface area (Å²) in [5.74, 6) is 2.41. The Balaban J connectivity index is 1.55. The minimum absolute atomic E-state index is 0.0230. The lowest BCUT2D eigenvalue weighted by molar-refractivity contribution is -0.130. The summed E-state index contributed by atoms with van der Waals surface area (Å²) in [6, 6.07) is 9.68. The molecule has 4 bridgehead atoms. The van der Waals surface area contributed by atoms with E-state index < -0.39 is 21.8 Å². The number of nitrogens with zero attached hydrogens (tertiary/aromatic N) is 1. The predicted octanol–water partition coefficient (Wildman–Crippen LogP) is 4.08. The molecule has 1 aromatic carbocycles. The lowest BCUT2D eigenvalue weighted by atomic mass is 9.53. The molecule has 160 valence electrons. The summed E-state index contributed by atoms with van der Waals surface area (Å²) in [6.45, 7) is 5.91. The molecular formula is C24H36N2O2S. The van der Waals surface area contributed by atoms with Crippen LogP contribution in [-0.4, -0.2) is 37.8 Å². The fourth-order valence-corrected chi connectivity index (χ4v) is 7.65. The minimum Gasteiger partial charge on any atom is -0.349 e. The lowest BCUT2D eigenvalue weighted by Crippen LogP contribution is -2.63. The van der Waals surface area contributed by atoms with E-state index in [0.717, 1.165) is 42.6 Å². The Morgan fingerprint density at radius 2 is 1.62 bits per heavy atom. The molecule has 0 saturated heterocycles. The van der Waals surface area contributed by atoms with Gasteiger partial charge in [0.2, 0.25) is 5.91 Å². The van der Waals surface area contributed by atoms with Gasteiger partial charge in [-0.05, 0) is 89.0 Å². The van der Waals surface area contributed by atoms with Crippen molar-refractivity contribution in [1.82, 2.24) is 9.62 Å². The van der Waals surface area contributed by atoms with E-state index in [1.165, 1.54) is 19.3 Å². The van der Waals surface area contributed by atoms with E-state index in [2.05, 4.69) is 17.4 Å². The molecule has 1 N–H and O–H groups in total. The monoisotopic (exact) mass is 416 g/mol. The average Bonchev–Trinajstić information content (AvgIpc) is 2.63. The summed E-state index contributed by atoms with van der Waals surface area (Å²) in [6.07, 6.45) is 8.06. The highest BCUT2D eigenvalue weighted by atomic mass is 32.2. The van der Waals surface area contributed by atoms with E-state index in [4.69, 9.17) is 0 Å². The molecule has 29 heavy (non-hydrogen) atoms. The van der Waals surface area contributed by atoms with Crippen LogP contribution in [0.25, 0.3) is 0 Å². The first kappa shape index (κ1) is 21.0.